The molecule has 0 N–H and O–H groups in total. The van der Waals surface area contributed by atoms with Gasteiger partial charge in [-0.25, -0.2) is 0 Å². The van der Waals surface area contributed by atoms with E-state index in [0.717, 1.165) is 11.1 Å². The topological polar surface area (TPSA) is 45.4 Å². The van der Waals surface area contributed by atoms with Gasteiger partial charge in [-0.15, -0.1) is 0 Å². The molecule has 2 aromatic carbocycles. The van der Waals surface area contributed by atoms with Crippen LogP contribution >= 0.6 is 0 Å². The minimum atomic E-state index is 0.298. The second-order valence-corrected chi connectivity index (χ2v) is 4.19. The number of rotatable bonds is 4. The molecule has 2 aromatic rings. The molecule has 19 heavy (non-hydrogen) atoms. The molecule has 0 aliphatic heterocycles. The molecule has 3 nitrogen and oxygen atoms in total. The molecular weight excluding hydrogens is 236 g/mol. The van der Waals surface area contributed by atoms with E-state index in [4.69, 9.17) is 10.1 Å². The number of hydrogen-bond donors (Lipinski definition) is 0. The van der Waals surface area contributed by atoms with Crippen LogP contribution in [0.5, 0.6) is 0 Å². The Hall–Kier alpha value is -2.60. The fourth-order valence-corrected chi connectivity index (χ4v) is 1.61. The molecule has 0 unspecified atom stereocenters. The Bertz CT molecular complexity index is 609. The summed E-state index contributed by atoms with van der Waals surface area (Å²) in [6.07, 6.45) is 1.66. The van der Waals surface area contributed by atoms with Gasteiger partial charge in [-0.1, -0.05) is 53.2 Å². The van der Waals surface area contributed by atoms with E-state index >= 15 is 0 Å². The van der Waals surface area contributed by atoms with Crippen LogP contribution in [0.4, 0.5) is 0 Å². The van der Waals surface area contributed by atoms with Gasteiger partial charge < -0.3 is 4.84 Å². The van der Waals surface area contributed by atoms with Crippen LogP contribution < -0.4 is 0 Å². The summed E-state index contributed by atoms with van der Waals surface area (Å²) in [5.41, 5.74) is 3.65. The number of nitriles is 1. The van der Waals surface area contributed by atoms with E-state index < -0.39 is 0 Å². The van der Waals surface area contributed by atoms with E-state index in [1.54, 1.807) is 12.3 Å². The number of nitrogens with zero attached hydrogens (tertiary/aromatic N) is 2. The summed E-state index contributed by atoms with van der Waals surface area (Å²) in [5, 5.41) is 12.8. The van der Waals surface area contributed by atoms with Crippen LogP contribution in [0.15, 0.2) is 53.7 Å². The van der Waals surface area contributed by atoms with Crippen molar-refractivity contribution in [3.05, 3.63) is 70.8 Å². The molecule has 2 rings (SSSR count). The van der Waals surface area contributed by atoms with Gasteiger partial charge in [0.1, 0.15) is 6.61 Å². The second kappa shape index (κ2) is 6.36. The molecule has 94 valence electrons. The van der Waals surface area contributed by atoms with Gasteiger partial charge in [0.25, 0.3) is 0 Å². The fourth-order valence-electron chi connectivity index (χ4n) is 1.61. The van der Waals surface area contributed by atoms with Crippen molar-refractivity contribution in [3.8, 4) is 6.07 Å². The predicted octanol–water partition coefficient (Wildman–Crippen LogP) is 3.42. The van der Waals surface area contributed by atoms with Gasteiger partial charge >= 0.3 is 0 Å². The van der Waals surface area contributed by atoms with E-state index in [2.05, 4.69) is 11.2 Å². The lowest BCUT2D eigenvalue weighted by Gasteiger charge is -2.01. The highest BCUT2D eigenvalue weighted by Gasteiger charge is 1.99. The van der Waals surface area contributed by atoms with Crippen molar-refractivity contribution in [3.63, 3.8) is 0 Å². The van der Waals surface area contributed by atoms with Gasteiger partial charge in [-0.3, -0.25) is 0 Å². The highest BCUT2D eigenvalue weighted by atomic mass is 16.6. The summed E-state index contributed by atoms with van der Waals surface area (Å²) >= 11 is 0. The number of hydrogen-bond acceptors (Lipinski definition) is 3. The third kappa shape index (κ3) is 3.68. The third-order valence-corrected chi connectivity index (χ3v) is 2.71. The monoisotopic (exact) mass is 250 g/mol. The maximum Gasteiger partial charge on any atom is 0.143 e. The van der Waals surface area contributed by atoms with Crippen LogP contribution in [-0.2, 0) is 11.4 Å². The Labute approximate surface area is 112 Å². The summed E-state index contributed by atoms with van der Waals surface area (Å²) in [4.78, 5) is 5.21. The Kier molecular flexibility index (Phi) is 4.30. The van der Waals surface area contributed by atoms with Crippen molar-refractivity contribution < 1.29 is 4.84 Å². The summed E-state index contributed by atoms with van der Waals surface area (Å²) in [6, 6.07) is 17.5. The number of aryl methyl sites for hydroxylation is 1. The molecule has 0 spiro atoms. The lowest BCUT2D eigenvalue weighted by molar-refractivity contribution is 0.132. The molecule has 0 aromatic heterocycles. The van der Waals surface area contributed by atoms with Gasteiger partial charge in [-0.05, 0) is 18.6 Å². The smallest absolute Gasteiger partial charge is 0.143 e. The molecular formula is C16H14N2O. The van der Waals surface area contributed by atoms with Crippen molar-refractivity contribution in [1.82, 2.24) is 0 Å². The van der Waals surface area contributed by atoms with Gasteiger partial charge in [0, 0.05) is 5.56 Å². The number of oxime groups is 1. The molecule has 3 heteroatoms. The standard InChI is InChI=1S/C16H14N2O/c1-13-6-8-14(9-7-13)11-18-19-12-16-5-3-2-4-15(16)10-17/h2-9,11H,12H2,1H3. The Morgan fingerprint density at radius 1 is 1.16 bits per heavy atom. The van der Waals surface area contributed by atoms with Crippen molar-refractivity contribution in [2.45, 2.75) is 13.5 Å². The van der Waals surface area contributed by atoms with Crippen LogP contribution in [0.3, 0.4) is 0 Å². The fraction of sp³-hybridized carbons (Fsp3) is 0.125. The molecule has 0 heterocycles. The molecule has 0 saturated heterocycles. The van der Waals surface area contributed by atoms with Gasteiger partial charge in [-0.2, -0.15) is 5.26 Å². The van der Waals surface area contributed by atoms with E-state index in [1.807, 2.05) is 49.4 Å². The quantitative estimate of drug-likeness (QED) is 0.616. The van der Waals surface area contributed by atoms with Gasteiger partial charge in [0.05, 0.1) is 17.8 Å². The molecule has 0 atom stereocenters. The summed E-state index contributed by atoms with van der Waals surface area (Å²) in [7, 11) is 0. The SMILES string of the molecule is Cc1ccc(C=NOCc2ccccc2C#N)cc1. The first-order valence-electron chi connectivity index (χ1n) is 5.99. The van der Waals surface area contributed by atoms with Crippen molar-refractivity contribution in [1.29, 1.82) is 5.26 Å². The van der Waals surface area contributed by atoms with Crippen molar-refractivity contribution in [2.75, 3.05) is 0 Å². The van der Waals surface area contributed by atoms with Crippen LogP contribution in [0.25, 0.3) is 0 Å². The summed E-state index contributed by atoms with van der Waals surface area (Å²) < 4.78 is 0. The highest BCUT2D eigenvalue weighted by molar-refractivity contribution is 5.79. The average Bonchev–Trinajstić information content (AvgIpc) is 2.46. The van der Waals surface area contributed by atoms with E-state index in [0.29, 0.717) is 12.2 Å². The molecule has 0 bridgehead atoms. The zero-order valence-electron chi connectivity index (χ0n) is 10.7. The lowest BCUT2D eigenvalue weighted by atomic mass is 10.1. The minimum absolute atomic E-state index is 0.298. The molecule has 0 amide bonds. The zero-order valence-corrected chi connectivity index (χ0v) is 10.7. The molecule has 0 aliphatic rings. The van der Waals surface area contributed by atoms with Gasteiger partial charge in [0.2, 0.25) is 0 Å². The van der Waals surface area contributed by atoms with Crippen LogP contribution in [0, 0.1) is 18.3 Å². The summed E-state index contributed by atoms with van der Waals surface area (Å²) in [5.74, 6) is 0. The van der Waals surface area contributed by atoms with E-state index in [-0.39, 0.29) is 0 Å². The molecule has 0 aliphatic carbocycles. The van der Waals surface area contributed by atoms with Crippen LogP contribution in [0.1, 0.15) is 22.3 Å². The predicted molar refractivity (Wildman–Crippen MR) is 74.7 cm³/mol. The second-order valence-electron chi connectivity index (χ2n) is 4.19. The highest BCUT2D eigenvalue weighted by Crippen LogP contribution is 2.08. The van der Waals surface area contributed by atoms with E-state index in [9.17, 15) is 0 Å². The first-order chi connectivity index (χ1) is 9.29. The van der Waals surface area contributed by atoms with Crippen molar-refractivity contribution >= 4 is 6.21 Å². The minimum Gasteiger partial charge on any atom is -0.391 e. The Balaban J connectivity index is 1.93. The first kappa shape index (κ1) is 12.8. The first-order valence-corrected chi connectivity index (χ1v) is 5.99. The largest absolute Gasteiger partial charge is 0.391 e. The number of benzene rings is 2. The maximum absolute atomic E-state index is 8.93. The van der Waals surface area contributed by atoms with Crippen LogP contribution in [0.2, 0.25) is 0 Å². The zero-order chi connectivity index (χ0) is 13.5. The summed E-state index contributed by atoms with van der Waals surface area (Å²) in [6.45, 7) is 2.34. The maximum atomic E-state index is 8.93. The van der Waals surface area contributed by atoms with Crippen LogP contribution in [-0.4, -0.2) is 6.21 Å². The van der Waals surface area contributed by atoms with E-state index in [1.165, 1.54) is 5.56 Å². The Morgan fingerprint density at radius 2 is 1.89 bits per heavy atom. The lowest BCUT2D eigenvalue weighted by Crippen LogP contribution is -1.92. The average molecular weight is 250 g/mol. The molecule has 0 radical (unpaired) electrons. The third-order valence-electron chi connectivity index (χ3n) is 2.71. The normalized spacial score (nSPS) is 10.3. The Morgan fingerprint density at radius 3 is 2.63 bits per heavy atom. The van der Waals surface area contributed by atoms with Gasteiger partial charge in [0.15, 0.2) is 0 Å². The van der Waals surface area contributed by atoms with Crippen molar-refractivity contribution in [2.24, 2.45) is 5.16 Å². The molecule has 0 fully saturated rings. The molecule has 0 saturated carbocycles.